The molecule has 0 atom stereocenters. The number of para-hydroxylation sites is 1. The summed E-state index contributed by atoms with van der Waals surface area (Å²) < 4.78 is 10.8. The minimum atomic E-state index is -0.628. The number of thioether (sulfide) groups is 1. The van der Waals surface area contributed by atoms with Crippen LogP contribution in [0.15, 0.2) is 58.8 Å². The van der Waals surface area contributed by atoms with Crippen LogP contribution in [-0.2, 0) is 16.1 Å². The summed E-state index contributed by atoms with van der Waals surface area (Å²) in [5, 5.41) is 14.3. The fourth-order valence-corrected chi connectivity index (χ4v) is 3.82. The Morgan fingerprint density at radius 2 is 2.06 bits per heavy atom. The van der Waals surface area contributed by atoms with Crippen molar-refractivity contribution in [1.29, 1.82) is 5.26 Å². The third-order valence-corrected chi connectivity index (χ3v) is 5.67. The lowest BCUT2D eigenvalue weighted by atomic mass is 10.2. The van der Waals surface area contributed by atoms with Crippen molar-refractivity contribution in [2.24, 2.45) is 0 Å². The topological polar surface area (TPSA) is 101 Å². The normalized spacial score (nSPS) is 10.2. The molecule has 0 radical (unpaired) electrons. The molecule has 1 amide bonds. The van der Waals surface area contributed by atoms with Gasteiger partial charge in [0.1, 0.15) is 12.4 Å². The van der Waals surface area contributed by atoms with Crippen molar-refractivity contribution < 1.29 is 19.1 Å². The molecule has 158 valence electrons. The molecule has 3 rings (SSSR count). The van der Waals surface area contributed by atoms with Crippen LogP contribution in [0.5, 0.6) is 5.75 Å². The second-order valence-corrected chi connectivity index (χ2v) is 8.32. The van der Waals surface area contributed by atoms with Gasteiger partial charge in [-0.25, -0.2) is 9.78 Å². The highest BCUT2D eigenvalue weighted by Crippen LogP contribution is 2.26. The molecule has 0 fully saturated rings. The predicted octanol–water partition coefficient (Wildman–Crippen LogP) is 4.44. The zero-order valence-corrected chi connectivity index (χ0v) is 18.3. The molecule has 1 N–H and O–H groups in total. The Hall–Kier alpha value is -3.35. The first-order valence-electron chi connectivity index (χ1n) is 9.25. The van der Waals surface area contributed by atoms with Gasteiger partial charge in [-0.3, -0.25) is 4.79 Å². The molecule has 9 heteroatoms. The predicted molar refractivity (Wildman–Crippen MR) is 119 cm³/mol. The summed E-state index contributed by atoms with van der Waals surface area (Å²) in [7, 11) is 0. The second kappa shape index (κ2) is 11.2. The van der Waals surface area contributed by atoms with E-state index in [9.17, 15) is 9.59 Å². The van der Waals surface area contributed by atoms with Crippen LogP contribution in [0.25, 0.3) is 0 Å². The van der Waals surface area contributed by atoms with Crippen LogP contribution in [0.3, 0.4) is 0 Å². The molecular weight excluding hydrogens is 434 g/mol. The maximum absolute atomic E-state index is 12.3. The number of hydrogen-bond donors (Lipinski definition) is 1. The molecule has 1 aromatic heterocycles. The number of amides is 1. The number of rotatable bonds is 9. The number of hydrogen-bond acceptors (Lipinski definition) is 8. The highest BCUT2D eigenvalue weighted by molar-refractivity contribution is 7.99. The summed E-state index contributed by atoms with van der Waals surface area (Å²) in [6.45, 7) is 1.79. The van der Waals surface area contributed by atoms with Gasteiger partial charge in [-0.2, -0.15) is 5.26 Å². The number of carbonyl (C=O) groups is 2. The number of carbonyl (C=O) groups excluding carboxylic acids is 2. The number of nitrogens with zero attached hydrogens (tertiary/aromatic N) is 2. The molecular formula is C22H19N3O4S2. The molecule has 7 nitrogen and oxygen atoms in total. The van der Waals surface area contributed by atoms with E-state index in [0.717, 1.165) is 15.6 Å². The van der Waals surface area contributed by atoms with Crippen molar-refractivity contribution in [3.63, 3.8) is 0 Å². The Morgan fingerprint density at radius 1 is 1.23 bits per heavy atom. The summed E-state index contributed by atoms with van der Waals surface area (Å²) >= 11 is 2.86. The van der Waals surface area contributed by atoms with E-state index in [4.69, 9.17) is 14.7 Å². The zero-order valence-electron chi connectivity index (χ0n) is 16.7. The molecule has 1 heterocycles. The number of nitrogens with one attached hydrogen (secondary N) is 1. The maximum Gasteiger partial charge on any atom is 0.338 e. The van der Waals surface area contributed by atoms with E-state index >= 15 is 0 Å². The number of anilines is 1. The first kappa shape index (κ1) is 22.3. The van der Waals surface area contributed by atoms with Crippen LogP contribution in [0.1, 0.15) is 21.1 Å². The van der Waals surface area contributed by atoms with E-state index in [1.54, 1.807) is 47.7 Å². The van der Waals surface area contributed by atoms with Gasteiger partial charge in [-0.05, 0) is 37.3 Å². The quantitative estimate of drug-likeness (QED) is 0.377. The number of aryl methyl sites for hydroxylation is 1. The molecule has 0 spiro atoms. The molecule has 0 unspecified atom stereocenters. The van der Waals surface area contributed by atoms with Crippen molar-refractivity contribution in [2.45, 2.75) is 18.4 Å². The van der Waals surface area contributed by atoms with Gasteiger partial charge < -0.3 is 14.8 Å². The van der Waals surface area contributed by atoms with Crippen molar-refractivity contribution in [3.8, 4) is 11.8 Å². The van der Waals surface area contributed by atoms with E-state index in [-0.39, 0.29) is 11.3 Å². The van der Waals surface area contributed by atoms with E-state index in [0.29, 0.717) is 18.0 Å². The molecule has 0 aliphatic rings. The van der Waals surface area contributed by atoms with Gasteiger partial charge in [0.25, 0.3) is 5.91 Å². The maximum atomic E-state index is 12.3. The zero-order chi connectivity index (χ0) is 22.1. The number of ether oxygens (including phenoxy) is 2. The molecule has 0 aliphatic carbocycles. The van der Waals surface area contributed by atoms with Crippen LogP contribution in [-0.4, -0.2) is 29.2 Å². The minimum absolute atomic E-state index is 0.266. The highest BCUT2D eigenvalue weighted by atomic mass is 32.2. The number of nitriles is 1. The highest BCUT2D eigenvalue weighted by Gasteiger charge is 2.13. The molecule has 0 bridgehead atoms. The average Bonchev–Trinajstić information content (AvgIpc) is 3.21. The molecule has 0 aliphatic heterocycles. The summed E-state index contributed by atoms with van der Waals surface area (Å²) in [5.74, 6) is -0.322. The molecule has 0 saturated heterocycles. The SMILES string of the molecule is Cc1nc(COc2cccc(C(=O)OCC(=O)Nc3ccccc3SCC#N)c2)cs1. The molecule has 3 aromatic rings. The fraction of sp³-hybridized carbons (Fsp3) is 0.182. The number of esters is 1. The Balaban J connectivity index is 1.52. The lowest BCUT2D eigenvalue weighted by Crippen LogP contribution is -2.21. The van der Waals surface area contributed by atoms with Gasteiger partial charge in [0.05, 0.1) is 33.8 Å². The lowest BCUT2D eigenvalue weighted by molar-refractivity contribution is -0.119. The first-order chi connectivity index (χ1) is 15.0. The molecule has 2 aromatic carbocycles. The van der Waals surface area contributed by atoms with Gasteiger partial charge in [-0.1, -0.05) is 18.2 Å². The van der Waals surface area contributed by atoms with Crippen LogP contribution < -0.4 is 10.1 Å². The van der Waals surface area contributed by atoms with Gasteiger partial charge in [-0.15, -0.1) is 23.1 Å². The van der Waals surface area contributed by atoms with Crippen LogP contribution in [0.4, 0.5) is 5.69 Å². The van der Waals surface area contributed by atoms with E-state index < -0.39 is 18.5 Å². The Kier molecular flexibility index (Phi) is 8.04. The Morgan fingerprint density at radius 3 is 2.84 bits per heavy atom. The number of thiazole rings is 1. The van der Waals surface area contributed by atoms with Crippen molar-refractivity contribution in [3.05, 3.63) is 70.2 Å². The van der Waals surface area contributed by atoms with E-state index in [2.05, 4.69) is 10.3 Å². The Bertz CT molecular complexity index is 1110. The van der Waals surface area contributed by atoms with Crippen molar-refractivity contribution >= 4 is 40.7 Å². The Labute approximate surface area is 188 Å². The largest absolute Gasteiger partial charge is 0.487 e. The first-order valence-corrected chi connectivity index (χ1v) is 11.1. The molecule has 31 heavy (non-hydrogen) atoms. The number of benzene rings is 2. The van der Waals surface area contributed by atoms with Gasteiger partial charge in [0.2, 0.25) is 0 Å². The van der Waals surface area contributed by atoms with Crippen LogP contribution in [0, 0.1) is 18.3 Å². The average molecular weight is 454 g/mol. The summed E-state index contributed by atoms with van der Waals surface area (Å²) in [5.41, 5.74) is 1.67. The smallest absolute Gasteiger partial charge is 0.338 e. The van der Waals surface area contributed by atoms with E-state index in [1.807, 2.05) is 30.5 Å². The van der Waals surface area contributed by atoms with Crippen LogP contribution in [0.2, 0.25) is 0 Å². The minimum Gasteiger partial charge on any atom is -0.487 e. The van der Waals surface area contributed by atoms with Crippen molar-refractivity contribution in [1.82, 2.24) is 4.98 Å². The third kappa shape index (κ3) is 6.84. The summed E-state index contributed by atoms with van der Waals surface area (Å²) in [6.07, 6.45) is 0. The third-order valence-electron chi connectivity index (χ3n) is 3.91. The number of aromatic nitrogens is 1. The fourth-order valence-electron chi connectivity index (χ4n) is 2.55. The van der Waals surface area contributed by atoms with Crippen molar-refractivity contribution in [2.75, 3.05) is 17.7 Å². The van der Waals surface area contributed by atoms with Crippen LogP contribution >= 0.6 is 23.1 Å². The summed E-state index contributed by atoms with van der Waals surface area (Å²) in [4.78, 5) is 29.6. The van der Waals surface area contributed by atoms with Gasteiger partial charge in [0.15, 0.2) is 6.61 Å². The summed E-state index contributed by atoms with van der Waals surface area (Å²) in [6, 6.07) is 15.7. The molecule has 0 saturated carbocycles. The second-order valence-electron chi connectivity index (χ2n) is 6.24. The van der Waals surface area contributed by atoms with Gasteiger partial charge in [0, 0.05) is 10.3 Å². The monoisotopic (exact) mass is 453 g/mol. The lowest BCUT2D eigenvalue weighted by Gasteiger charge is -2.10. The van der Waals surface area contributed by atoms with Gasteiger partial charge >= 0.3 is 5.97 Å². The standard InChI is InChI=1S/C22H19N3O4S2/c1-15-24-17(14-31-15)12-28-18-6-4-5-16(11-18)22(27)29-13-21(26)25-19-7-2-3-8-20(19)30-10-9-23/h2-8,11,14H,10,12-13H2,1H3,(H,25,26). The van der Waals surface area contributed by atoms with E-state index in [1.165, 1.54) is 11.8 Å².